The third-order valence-electron chi connectivity index (χ3n) is 5.05. The van der Waals surface area contributed by atoms with Crippen LogP contribution in [0.4, 0.5) is 0 Å². The van der Waals surface area contributed by atoms with Crippen molar-refractivity contribution >= 4 is 21.9 Å². The minimum Gasteiger partial charge on any atom is -0.464 e. The molecule has 2 nitrogen and oxygen atoms in total. The fraction of sp³-hybridized carbons (Fsp3) is 0.333. The summed E-state index contributed by atoms with van der Waals surface area (Å²) in [7, 11) is 0. The Morgan fingerprint density at radius 3 is 2.19 bits per heavy atom. The van der Waals surface area contributed by atoms with Crippen molar-refractivity contribution in [3.63, 3.8) is 0 Å². The second-order valence-corrected chi connectivity index (χ2v) is 9.22. The molecule has 0 saturated heterocycles. The van der Waals surface area contributed by atoms with Gasteiger partial charge in [0.1, 0.15) is 16.9 Å². The molecule has 0 atom stereocenters. The Bertz CT molecular complexity index is 1090. The van der Waals surface area contributed by atoms with E-state index in [1.807, 2.05) is 12.3 Å². The van der Waals surface area contributed by atoms with Crippen molar-refractivity contribution in [2.24, 2.45) is 0 Å². The average Bonchev–Trinajstić information content (AvgIpc) is 3.16. The van der Waals surface area contributed by atoms with E-state index >= 15 is 0 Å². The summed E-state index contributed by atoms with van der Waals surface area (Å²) >= 11 is 0. The quantitative estimate of drug-likeness (QED) is 0.358. The second kappa shape index (κ2) is 5.51. The summed E-state index contributed by atoms with van der Waals surface area (Å²) in [5.41, 5.74) is 5.60. The summed E-state index contributed by atoms with van der Waals surface area (Å²) in [6.45, 7) is 13.3. The van der Waals surface area contributed by atoms with Crippen molar-refractivity contribution in [2.45, 2.75) is 52.4 Å². The normalized spacial score (nSPS) is 13.0. The summed E-state index contributed by atoms with van der Waals surface area (Å²) in [6, 6.07) is 14.9. The molecule has 2 heterocycles. The monoisotopic (exact) mass is 346 g/mol. The zero-order valence-electron chi connectivity index (χ0n) is 16.4. The van der Waals surface area contributed by atoms with Crippen LogP contribution in [0.5, 0.6) is 0 Å². The zero-order valence-corrected chi connectivity index (χ0v) is 16.4. The highest BCUT2D eigenvalue weighted by atomic mass is 16.3. The third-order valence-corrected chi connectivity index (χ3v) is 5.05. The van der Waals surface area contributed by atoms with Gasteiger partial charge in [-0.1, -0.05) is 53.7 Å². The van der Waals surface area contributed by atoms with Crippen molar-refractivity contribution in [3.05, 3.63) is 59.9 Å². The molecule has 0 saturated carbocycles. The maximum Gasteiger partial charge on any atom is 0.135 e. The molecule has 0 aliphatic heterocycles. The van der Waals surface area contributed by atoms with Crippen LogP contribution in [-0.4, -0.2) is 0 Å². The molecule has 0 bridgehead atoms. The van der Waals surface area contributed by atoms with E-state index in [2.05, 4.69) is 77.9 Å². The first-order chi connectivity index (χ1) is 12.1. The van der Waals surface area contributed by atoms with Gasteiger partial charge in [0.2, 0.25) is 0 Å². The standard InChI is InChI=1S/C24H26O2/c1-23(2,3)17-9-7-16-12-21(26-22(16)13-17)15-8-10-20-18(11-15)19(14-25-20)24(4,5)6/h7-14H,1-6H3. The highest BCUT2D eigenvalue weighted by molar-refractivity contribution is 5.89. The Kier molecular flexibility index (Phi) is 3.59. The summed E-state index contributed by atoms with van der Waals surface area (Å²) in [5, 5.41) is 2.29. The van der Waals surface area contributed by atoms with Crippen molar-refractivity contribution in [1.29, 1.82) is 0 Å². The van der Waals surface area contributed by atoms with Gasteiger partial charge >= 0.3 is 0 Å². The van der Waals surface area contributed by atoms with E-state index in [4.69, 9.17) is 8.83 Å². The Balaban J connectivity index is 1.84. The van der Waals surface area contributed by atoms with Crippen LogP contribution in [0.15, 0.2) is 57.6 Å². The van der Waals surface area contributed by atoms with Crippen LogP contribution in [0.3, 0.4) is 0 Å². The molecule has 0 aliphatic rings. The topological polar surface area (TPSA) is 26.3 Å². The molecule has 134 valence electrons. The number of benzene rings is 2. The van der Waals surface area contributed by atoms with Crippen LogP contribution < -0.4 is 0 Å². The van der Waals surface area contributed by atoms with Crippen LogP contribution in [-0.2, 0) is 10.8 Å². The van der Waals surface area contributed by atoms with Gasteiger partial charge in [-0.15, -0.1) is 0 Å². The van der Waals surface area contributed by atoms with Crippen molar-refractivity contribution in [3.8, 4) is 11.3 Å². The van der Waals surface area contributed by atoms with Gasteiger partial charge < -0.3 is 8.83 Å². The first kappa shape index (κ1) is 17.0. The fourth-order valence-corrected chi connectivity index (χ4v) is 3.40. The smallest absolute Gasteiger partial charge is 0.135 e. The largest absolute Gasteiger partial charge is 0.464 e. The molecule has 2 heteroatoms. The lowest BCUT2D eigenvalue weighted by atomic mass is 9.86. The van der Waals surface area contributed by atoms with E-state index in [0.29, 0.717) is 0 Å². The Morgan fingerprint density at radius 1 is 0.731 bits per heavy atom. The molecular weight excluding hydrogens is 320 g/mol. The number of rotatable bonds is 1. The lowest BCUT2D eigenvalue weighted by Crippen LogP contribution is -2.10. The van der Waals surface area contributed by atoms with Crippen LogP contribution in [0.1, 0.15) is 52.7 Å². The first-order valence-corrected chi connectivity index (χ1v) is 9.19. The minimum atomic E-state index is 0.0410. The van der Waals surface area contributed by atoms with Gasteiger partial charge in [-0.25, -0.2) is 0 Å². The first-order valence-electron chi connectivity index (χ1n) is 9.19. The van der Waals surface area contributed by atoms with Gasteiger partial charge in [0, 0.05) is 21.9 Å². The molecule has 2 aromatic heterocycles. The number of furan rings is 2. The molecule has 0 N–H and O–H groups in total. The SMILES string of the molecule is CC(C)(C)c1ccc2cc(-c3ccc4occ(C(C)(C)C)c4c3)oc2c1. The summed E-state index contributed by atoms with van der Waals surface area (Å²) < 4.78 is 12.0. The third kappa shape index (κ3) is 2.84. The van der Waals surface area contributed by atoms with E-state index in [9.17, 15) is 0 Å². The molecule has 4 rings (SSSR count). The molecule has 0 unspecified atom stereocenters. The van der Waals surface area contributed by atoms with E-state index in [1.165, 1.54) is 11.1 Å². The van der Waals surface area contributed by atoms with Gasteiger partial charge in [0.25, 0.3) is 0 Å². The zero-order chi connectivity index (χ0) is 18.7. The van der Waals surface area contributed by atoms with Crippen LogP contribution in [0.25, 0.3) is 33.3 Å². The highest BCUT2D eigenvalue weighted by Crippen LogP contribution is 2.36. The van der Waals surface area contributed by atoms with Gasteiger partial charge in [-0.3, -0.25) is 0 Å². The maximum atomic E-state index is 6.21. The summed E-state index contributed by atoms with van der Waals surface area (Å²) in [6.07, 6.45) is 1.88. The molecule has 0 amide bonds. The van der Waals surface area contributed by atoms with Crippen LogP contribution in [0, 0.1) is 0 Å². The fourth-order valence-electron chi connectivity index (χ4n) is 3.40. The minimum absolute atomic E-state index is 0.0410. The summed E-state index contributed by atoms with van der Waals surface area (Å²) in [4.78, 5) is 0. The van der Waals surface area contributed by atoms with Gasteiger partial charge in [-0.05, 0) is 46.7 Å². The van der Waals surface area contributed by atoms with Gasteiger partial charge in [-0.2, -0.15) is 0 Å². The molecule has 4 aromatic rings. The number of hydrogen-bond donors (Lipinski definition) is 0. The Hall–Kier alpha value is -2.48. The molecular formula is C24H26O2. The molecule has 26 heavy (non-hydrogen) atoms. The van der Waals surface area contributed by atoms with E-state index in [-0.39, 0.29) is 10.8 Å². The average molecular weight is 346 g/mol. The lowest BCUT2D eigenvalue weighted by molar-refractivity contribution is 0.557. The Morgan fingerprint density at radius 2 is 1.50 bits per heavy atom. The molecule has 0 spiro atoms. The molecule has 0 radical (unpaired) electrons. The van der Waals surface area contributed by atoms with E-state index in [0.717, 1.165) is 33.3 Å². The second-order valence-electron chi connectivity index (χ2n) is 9.22. The molecule has 2 aromatic carbocycles. The van der Waals surface area contributed by atoms with Crippen molar-refractivity contribution < 1.29 is 8.83 Å². The highest BCUT2D eigenvalue weighted by Gasteiger charge is 2.21. The van der Waals surface area contributed by atoms with Crippen molar-refractivity contribution in [1.82, 2.24) is 0 Å². The predicted molar refractivity (Wildman–Crippen MR) is 109 cm³/mol. The lowest BCUT2D eigenvalue weighted by Gasteiger charge is -2.18. The number of hydrogen-bond acceptors (Lipinski definition) is 2. The number of fused-ring (bicyclic) bond motifs is 2. The Labute approximate surface area is 154 Å². The van der Waals surface area contributed by atoms with Crippen LogP contribution >= 0.6 is 0 Å². The van der Waals surface area contributed by atoms with Gasteiger partial charge in [0.05, 0.1) is 6.26 Å². The van der Waals surface area contributed by atoms with Crippen LogP contribution in [0.2, 0.25) is 0 Å². The summed E-state index contributed by atoms with van der Waals surface area (Å²) in [5.74, 6) is 0.897. The maximum absolute atomic E-state index is 6.21. The predicted octanol–water partition coefficient (Wildman–Crippen LogP) is 7.44. The van der Waals surface area contributed by atoms with E-state index < -0.39 is 0 Å². The van der Waals surface area contributed by atoms with Gasteiger partial charge in [0.15, 0.2) is 0 Å². The van der Waals surface area contributed by atoms with E-state index in [1.54, 1.807) is 0 Å². The molecule has 0 aliphatic carbocycles. The molecule has 0 fully saturated rings. The van der Waals surface area contributed by atoms with Crippen molar-refractivity contribution in [2.75, 3.05) is 0 Å².